The van der Waals surface area contributed by atoms with E-state index < -0.39 is 29.1 Å². The molecule has 69 heavy (non-hydrogen) atoms. The SMILES string of the molecule is N#COCCCCCCNC(=O)N(CCCCCCN=C=O)C(=O)NCCCCCCN=C=O.N#COCCCCCCn1c(=O)n(CCCCCCN=C=O)c(=O)n(CCCCCN=C=O)c1=O. The predicted octanol–water partition coefficient (Wildman–Crippen LogP) is 5.19. The Labute approximate surface area is 403 Å². The molecule has 0 fully saturated rings. The fraction of sp³-hybridized carbons (Fsp3) is 0.761. The number of urea groups is 2. The second kappa shape index (κ2) is 46.4. The number of carbonyl (C=O) groups is 2. The van der Waals surface area contributed by atoms with Gasteiger partial charge in [-0.1, -0.05) is 51.4 Å². The van der Waals surface area contributed by atoms with Gasteiger partial charge in [0.05, 0.1) is 26.2 Å². The highest BCUT2D eigenvalue weighted by Crippen LogP contribution is 2.07. The molecular weight excluding hydrogens is 897 g/mol. The zero-order valence-corrected chi connectivity index (χ0v) is 40.2. The normalized spacial score (nSPS) is 10.0. The Hall–Kier alpha value is -6.75. The number of isocyanates is 4. The molecule has 0 aliphatic heterocycles. The van der Waals surface area contributed by atoms with Crippen LogP contribution in [0.3, 0.4) is 0 Å². The van der Waals surface area contributed by atoms with E-state index in [0.29, 0.717) is 104 Å². The summed E-state index contributed by atoms with van der Waals surface area (Å²) in [7, 11) is 0. The molecule has 1 aromatic heterocycles. The van der Waals surface area contributed by atoms with Crippen LogP contribution in [-0.2, 0) is 48.3 Å². The summed E-state index contributed by atoms with van der Waals surface area (Å²) < 4.78 is 12.6. The molecule has 23 heteroatoms. The van der Waals surface area contributed by atoms with Crippen molar-refractivity contribution in [3.8, 4) is 12.5 Å². The van der Waals surface area contributed by atoms with Gasteiger partial charge in [-0.15, -0.1) is 0 Å². The minimum absolute atomic E-state index is 0.179. The zero-order chi connectivity index (χ0) is 50.8. The summed E-state index contributed by atoms with van der Waals surface area (Å²) in [4.78, 5) is 120. The number of nitrogens with one attached hydrogen (secondary N) is 2. The third kappa shape index (κ3) is 33.4. The van der Waals surface area contributed by atoms with Crippen molar-refractivity contribution in [1.29, 1.82) is 10.5 Å². The van der Waals surface area contributed by atoms with Crippen molar-refractivity contribution in [1.82, 2.24) is 29.2 Å². The standard InChI is InChI=1S/C23H34N6O6.C23H38N6O5/c24-18-35-17-11-4-3-9-15-28-21(32)27(14-8-2-1-6-12-25-19-30)22(33)29(23(28)34)16-10-5-7-13-26-20-31;24-19-34-18-12-6-4-10-16-28-23(33)29(17-11-5-3-8-14-26-21-31)22(32)27-15-9-2-1-7-13-25-20-30/h1-17H2;1-18H2,(H,27,32)(H,28,33). The summed E-state index contributed by atoms with van der Waals surface area (Å²) in [5.41, 5.74) is -1.82. The summed E-state index contributed by atoms with van der Waals surface area (Å²) in [5, 5.41) is 22.3. The molecule has 0 aliphatic rings. The van der Waals surface area contributed by atoms with Crippen LogP contribution in [0.2, 0.25) is 0 Å². The van der Waals surface area contributed by atoms with Crippen molar-refractivity contribution < 1.29 is 38.2 Å². The van der Waals surface area contributed by atoms with E-state index in [4.69, 9.17) is 10.5 Å². The molecule has 0 spiro atoms. The molecule has 1 heterocycles. The van der Waals surface area contributed by atoms with Gasteiger partial charge in [0.25, 0.3) is 12.5 Å². The smallest absolute Gasteiger partial charge is 0.336 e. The van der Waals surface area contributed by atoms with Gasteiger partial charge in [-0.3, -0.25) is 0 Å². The van der Waals surface area contributed by atoms with E-state index in [9.17, 15) is 43.2 Å². The number of hydrogen-bond donors (Lipinski definition) is 2. The maximum atomic E-state index is 13.0. The molecule has 0 aliphatic carbocycles. The minimum atomic E-state index is -0.610. The molecule has 0 radical (unpaired) electrons. The molecule has 0 saturated carbocycles. The highest BCUT2D eigenvalue weighted by Gasteiger charge is 2.20. The largest absolute Gasteiger partial charge is 0.428 e. The van der Waals surface area contributed by atoms with E-state index in [2.05, 4.69) is 40.1 Å². The second-order valence-corrected chi connectivity index (χ2v) is 15.8. The fourth-order valence-electron chi connectivity index (χ4n) is 6.79. The quantitative estimate of drug-likeness (QED) is 0.0370. The van der Waals surface area contributed by atoms with Gasteiger partial charge >= 0.3 is 29.1 Å². The highest BCUT2D eigenvalue weighted by atomic mass is 16.5. The van der Waals surface area contributed by atoms with E-state index in [1.807, 2.05) is 0 Å². The monoisotopic (exact) mass is 969 g/mol. The first kappa shape index (κ1) is 62.2. The van der Waals surface area contributed by atoms with Crippen molar-refractivity contribution in [3.63, 3.8) is 0 Å². The molecule has 0 unspecified atom stereocenters. The van der Waals surface area contributed by atoms with Gasteiger partial charge in [-0.05, 0) is 96.3 Å². The Bertz CT molecular complexity index is 2030. The lowest BCUT2D eigenvalue weighted by atomic mass is 10.2. The van der Waals surface area contributed by atoms with Gasteiger partial charge < -0.3 is 20.1 Å². The molecule has 1 aromatic rings. The van der Waals surface area contributed by atoms with Crippen LogP contribution in [0.1, 0.15) is 148 Å². The highest BCUT2D eigenvalue weighted by molar-refractivity contribution is 5.93. The molecule has 0 saturated heterocycles. The number of carbonyl (C=O) groups excluding carboxylic acids is 6. The number of hydrogen-bond acceptors (Lipinski definition) is 17. The average Bonchev–Trinajstić information content (AvgIpc) is 3.34. The number of aromatic nitrogens is 3. The molecule has 0 aromatic carbocycles. The topological polar surface area (TPSA) is 311 Å². The fourth-order valence-corrected chi connectivity index (χ4v) is 6.79. The molecule has 0 bridgehead atoms. The minimum Gasteiger partial charge on any atom is -0.428 e. The van der Waals surface area contributed by atoms with Gasteiger partial charge in [-0.2, -0.15) is 10.5 Å². The van der Waals surface area contributed by atoms with Crippen LogP contribution in [0.5, 0.6) is 0 Å². The molecule has 0 atom stereocenters. The average molecular weight is 969 g/mol. The summed E-state index contributed by atoms with van der Waals surface area (Å²) in [6, 6.07) is -0.829. The number of imide groups is 1. The van der Waals surface area contributed by atoms with E-state index >= 15 is 0 Å². The predicted molar refractivity (Wildman–Crippen MR) is 254 cm³/mol. The van der Waals surface area contributed by atoms with Gasteiger partial charge in [0.1, 0.15) is 13.2 Å². The third-order valence-corrected chi connectivity index (χ3v) is 10.5. The van der Waals surface area contributed by atoms with Crippen molar-refractivity contribution in [3.05, 3.63) is 31.5 Å². The lowest BCUT2D eigenvalue weighted by Crippen LogP contribution is -2.54. The number of amides is 4. The van der Waals surface area contributed by atoms with Crippen LogP contribution in [0.25, 0.3) is 0 Å². The van der Waals surface area contributed by atoms with E-state index in [0.717, 1.165) is 116 Å². The van der Waals surface area contributed by atoms with Gasteiger partial charge in [0.15, 0.2) is 0 Å². The van der Waals surface area contributed by atoms with E-state index in [1.54, 1.807) is 12.5 Å². The maximum Gasteiger partial charge on any atom is 0.336 e. The van der Waals surface area contributed by atoms with Crippen LogP contribution in [0.4, 0.5) is 9.59 Å². The van der Waals surface area contributed by atoms with Crippen molar-refractivity contribution in [2.45, 2.75) is 167 Å². The van der Waals surface area contributed by atoms with E-state index in [1.165, 1.54) is 29.2 Å². The van der Waals surface area contributed by atoms with Crippen LogP contribution in [0.15, 0.2) is 34.4 Å². The zero-order valence-electron chi connectivity index (χ0n) is 40.2. The Morgan fingerprint density at radius 3 is 1.06 bits per heavy atom. The molecule has 382 valence electrons. The number of nitriles is 2. The Morgan fingerprint density at radius 1 is 0.435 bits per heavy atom. The number of aliphatic imine (C=N–C) groups is 4. The van der Waals surface area contributed by atoms with Gasteiger partial charge in [0, 0.05) is 39.3 Å². The van der Waals surface area contributed by atoms with Crippen LogP contribution in [0, 0.1) is 23.0 Å². The summed E-state index contributed by atoms with van der Waals surface area (Å²) in [6.07, 6.45) is 26.6. The number of ether oxygens (including phenoxy) is 2. The van der Waals surface area contributed by atoms with Crippen molar-refractivity contribution >= 4 is 36.4 Å². The van der Waals surface area contributed by atoms with Gasteiger partial charge in [-0.25, -0.2) is 81.7 Å². The van der Waals surface area contributed by atoms with Crippen molar-refractivity contribution in [2.75, 3.05) is 59.0 Å². The number of rotatable bonds is 41. The Balaban J connectivity index is 0.00000134. The molecule has 1 rings (SSSR count). The number of nitrogens with zero attached hydrogens (tertiary/aromatic N) is 10. The third-order valence-electron chi connectivity index (χ3n) is 10.5. The van der Waals surface area contributed by atoms with Crippen molar-refractivity contribution in [2.24, 2.45) is 20.0 Å². The Kier molecular flexibility index (Phi) is 41.8. The van der Waals surface area contributed by atoms with Crippen LogP contribution in [-0.4, -0.2) is 114 Å². The van der Waals surface area contributed by atoms with Gasteiger partial charge in [0.2, 0.25) is 24.3 Å². The summed E-state index contributed by atoms with van der Waals surface area (Å²) in [5.74, 6) is 0. The number of unbranched alkanes of at least 4 members (excludes halogenated alkanes) is 17. The van der Waals surface area contributed by atoms with E-state index in [-0.39, 0.29) is 19.6 Å². The second-order valence-electron chi connectivity index (χ2n) is 15.8. The maximum absolute atomic E-state index is 13.0. The first-order valence-electron chi connectivity index (χ1n) is 24.2. The van der Waals surface area contributed by atoms with Crippen LogP contribution < -0.4 is 27.7 Å². The lowest BCUT2D eigenvalue weighted by Gasteiger charge is -2.22. The summed E-state index contributed by atoms with van der Waals surface area (Å²) >= 11 is 0. The first-order chi connectivity index (χ1) is 33.7. The molecule has 4 amide bonds. The molecule has 2 N–H and O–H groups in total. The molecular formula is C46H72N12O11. The lowest BCUT2D eigenvalue weighted by molar-refractivity contribution is 0.184. The Morgan fingerprint density at radius 2 is 0.725 bits per heavy atom. The first-order valence-corrected chi connectivity index (χ1v) is 24.2. The summed E-state index contributed by atoms with van der Waals surface area (Å²) in [6.45, 7) is 4.24. The van der Waals surface area contributed by atoms with Crippen LogP contribution >= 0.6 is 0 Å². The molecule has 23 nitrogen and oxygen atoms in total.